The summed E-state index contributed by atoms with van der Waals surface area (Å²) in [5.41, 5.74) is 12.5. The van der Waals surface area contributed by atoms with Gasteiger partial charge in [-0.15, -0.1) is 13.2 Å². The number of benzene rings is 2. The fourth-order valence-electron chi connectivity index (χ4n) is 2.62. The maximum Gasteiger partial charge on any atom is 0.573 e. The molecule has 0 saturated carbocycles. The number of hydrogen-bond acceptors (Lipinski definition) is 5. The average Bonchev–Trinajstić information content (AvgIpc) is 2.71. The fraction of sp³-hybridized carbons (Fsp3) is 0.0952. The first-order chi connectivity index (χ1) is 14.7. The van der Waals surface area contributed by atoms with Crippen LogP contribution in [0.2, 0.25) is 0 Å². The van der Waals surface area contributed by atoms with Crippen LogP contribution in [-0.4, -0.2) is 22.4 Å². The van der Waals surface area contributed by atoms with Crippen molar-refractivity contribution < 1.29 is 22.7 Å². The molecular weight excluding hydrogens is 411 g/mol. The van der Waals surface area contributed by atoms with Gasteiger partial charge in [-0.1, -0.05) is 36.1 Å². The molecule has 0 radical (unpaired) electrons. The van der Waals surface area contributed by atoms with Crippen molar-refractivity contribution in [1.82, 2.24) is 9.97 Å². The first-order valence-corrected chi connectivity index (χ1v) is 8.81. The summed E-state index contributed by atoms with van der Waals surface area (Å²) < 4.78 is 42.1. The molecule has 3 aromatic rings. The summed E-state index contributed by atoms with van der Waals surface area (Å²) >= 11 is 0. The number of nitrogen functional groups attached to an aromatic ring is 1. The van der Waals surface area contributed by atoms with Crippen molar-refractivity contribution in [2.45, 2.75) is 12.9 Å². The van der Waals surface area contributed by atoms with Gasteiger partial charge in [0.15, 0.2) is 0 Å². The zero-order chi connectivity index (χ0) is 22.4. The Morgan fingerprint density at radius 1 is 1.03 bits per heavy atom. The van der Waals surface area contributed by atoms with Crippen molar-refractivity contribution in [2.24, 2.45) is 5.73 Å². The summed E-state index contributed by atoms with van der Waals surface area (Å²) in [5, 5.41) is 0. The maximum atomic E-state index is 12.7. The van der Waals surface area contributed by atoms with E-state index < -0.39 is 18.1 Å². The lowest BCUT2D eigenvalue weighted by Crippen LogP contribution is -2.35. The molecule has 10 heteroatoms. The van der Waals surface area contributed by atoms with Gasteiger partial charge in [0.2, 0.25) is 5.95 Å². The molecule has 3 rings (SSSR count). The number of amides is 2. The van der Waals surface area contributed by atoms with E-state index in [-0.39, 0.29) is 18.1 Å². The van der Waals surface area contributed by atoms with Gasteiger partial charge in [-0.2, -0.15) is 0 Å². The maximum absolute atomic E-state index is 12.7. The molecule has 0 saturated heterocycles. The van der Waals surface area contributed by atoms with Gasteiger partial charge in [0.1, 0.15) is 5.75 Å². The number of nitrogens with zero attached hydrogens (tertiary/aromatic N) is 3. The van der Waals surface area contributed by atoms with E-state index in [1.165, 1.54) is 36.7 Å². The largest absolute Gasteiger partial charge is 0.573 e. The molecule has 0 unspecified atom stereocenters. The molecule has 0 aliphatic heterocycles. The number of nitrogens with two attached hydrogens (primary N) is 2. The van der Waals surface area contributed by atoms with Crippen LogP contribution < -0.4 is 21.1 Å². The van der Waals surface area contributed by atoms with Crippen molar-refractivity contribution in [3.05, 3.63) is 77.6 Å². The van der Waals surface area contributed by atoms with Crippen LogP contribution in [0.5, 0.6) is 5.75 Å². The smallest absolute Gasteiger partial charge is 0.405 e. The summed E-state index contributed by atoms with van der Waals surface area (Å²) in [4.78, 5) is 20.9. The molecule has 31 heavy (non-hydrogen) atoms. The predicted octanol–water partition coefficient (Wildman–Crippen LogP) is 3.44. The van der Waals surface area contributed by atoms with Crippen molar-refractivity contribution in [3.63, 3.8) is 0 Å². The van der Waals surface area contributed by atoms with Crippen LogP contribution in [0, 0.1) is 11.8 Å². The van der Waals surface area contributed by atoms with Crippen molar-refractivity contribution in [3.8, 4) is 17.6 Å². The van der Waals surface area contributed by atoms with E-state index in [0.29, 0.717) is 16.8 Å². The molecule has 7 nitrogen and oxygen atoms in total. The molecule has 1 heterocycles. The highest BCUT2D eigenvalue weighted by atomic mass is 19.4. The lowest BCUT2D eigenvalue weighted by atomic mass is 10.1. The summed E-state index contributed by atoms with van der Waals surface area (Å²) in [5.74, 6) is 5.46. The van der Waals surface area contributed by atoms with Gasteiger partial charge in [-0.25, -0.2) is 14.8 Å². The number of carbonyl (C=O) groups excluding carboxylic acids is 1. The number of aromatic nitrogens is 2. The van der Waals surface area contributed by atoms with Crippen molar-refractivity contribution >= 4 is 17.7 Å². The highest BCUT2D eigenvalue weighted by molar-refractivity contribution is 5.90. The lowest BCUT2D eigenvalue weighted by molar-refractivity contribution is -0.274. The number of alkyl halides is 3. The zero-order valence-electron chi connectivity index (χ0n) is 15.9. The quantitative estimate of drug-likeness (QED) is 0.621. The monoisotopic (exact) mass is 427 g/mol. The third kappa shape index (κ3) is 6.11. The van der Waals surface area contributed by atoms with Crippen LogP contribution in [0.15, 0.2) is 60.9 Å². The van der Waals surface area contributed by atoms with Crippen LogP contribution in [0.4, 0.5) is 29.6 Å². The Bertz CT molecular complexity index is 1140. The lowest BCUT2D eigenvalue weighted by Gasteiger charge is -2.22. The van der Waals surface area contributed by atoms with Gasteiger partial charge < -0.3 is 16.2 Å². The summed E-state index contributed by atoms with van der Waals surface area (Å²) in [7, 11) is 0. The van der Waals surface area contributed by atoms with E-state index >= 15 is 0 Å². The number of primary amides is 1. The van der Waals surface area contributed by atoms with Crippen molar-refractivity contribution in [2.75, 3.05) is 10.6 Å². The number of para-hydroxylation sites is 1. The zero-order valence-corrected chi connectivity index (χ0v) is 15.9. The molecule has 0 aliphatic rings. The Balaban J connectivity index is 1.88. The third-order valence-corrected chi connectivity index (χ3v) is 3.97. The Labute approximate surface area is 175 Å². The topological polar surface area (TPSA) is 107 Å². The Hall–Kier alpha value is -4.26. The molecule has 0 fully saturated rings. The first-order valence-electron chi connectivity index (χ1n) is 8.81. The van der Waals surface area contributed by atoms with Crippen LogP contribution in [-0.2, 0) is 6.54 Å². The molecular formula is C21H16F3N5O2. The van der Waals surface area contributed by atoms with Crippen LogP contribution in [0.25, 0.3) is 0 Å². The average molecular weight is 427 g/mol. The number of anilines is 2. The minimum absolute atomic E-state index is 0.124. The number of ether oxygens (including phenoxy) is 1. The van der Waals surface area contributed by atoms with Crippen LogP contribution in [0.1, 0.15) is 16.7 Å². The van der Waals surface area contributed by atoms with Crippen LogP contribution in [0.3, 0.4) is 0 Å². The van der Waals surface area contributed by atoms with E-state index in [9.17, 15) is 18.0 Å². The molecule has 2 aromatic carbocycles. The first kappa shape index (κ1) is 21.4. The van der Waals surface area contributed by atoms with E-state index in [2.05, 4.69) is 26.5 Å². The number of carbonyl (C=O) groups is 1. The summed E-state index contributed by atoms with van der Waals surface area (Å²) in [6, 6.07) is 11.2. The van der Waals surface area contributed by atoms with Gasteiger partial charge >= 0.3 is 12.4 Å². The molecule has 2 amide bonds. The van der Waals surface area contributed by atoms with E-state index in [0.717, 1.165) is 4.90 Å². The summed E-state index contributed by atoms with van der Waals surface area (Å²) in [6.07, 6.45) is -1.94. The highest BCUT2D eigenvalue weighted by Crippen LogP contribution is 2.28. The molecule has 158 valence electrons. The van der Waals surface area contributed by atoms with Crippen molar-refractivity contribution in [1.29, 1.82) is 0 Å². The number of urea groups is 1. The normalized spacial score (nSPS) is 10.7. The molecule has 0 spiro atoms. The molecule has 1 aromatic heterocycles. The second kappa shape index (κ2) is 9.04. The number of hydrogen-bond donors (Lipinski definition) is 2. The Morgan fingerprint density at radius 3 is 2.39 bits per heavy atom. The third-order valence-electron chi connectivity index (χ3n) is 3.97. The van der Waals surface area contributed by atoms with Gasteiger partial charge in [-0.05, 0) is 24.3 Å². The van der Waals surface area contributed by atoms with E-state index in [1.54, 1.807) is 24.3 Å². The second-order valence-corrected chi connectivity index (χ2v) is 6.21. The molecule has 0 bridgehead atoms. The second-order valence-electron chi connectivity index (χ2n) is 6.21. The SMILES string of the molecule is NC(=O)N(Cc1ccccc1OC(F)(F)F)c1cccc(C#Cc2cnc(N)nc2)c1. The summed E-state index contributed by atoms with van der Waals surface area (Å²) in [6.45, 7) is -0.232. The predicted molar refractivity (Wildman–Crippen MR) is 108 cm³/mol. The minimum atomic E-state index is -4.87. The standard InChI is InChI=1S/C21H16F3N5O2/c22-21(23,24)31-18-7-2-1-5-16(18)13-29(20(26)30)17-6-3-4-14(10-17)8-9-15-11-27-19(25)28-12-15/h1-7,10-12H,13H2,(H2,26,30)(H2,25,27,28). The molecule has 4 N–H and O–H groups in total. The minimum Gasteiger partial charge on any atom is -0.405 e. The molecule has 0 aliphatic carbocycles. The number of rotatable bonds is 4. The Morgan fingerprint density at radius 2 is 1.71 bits per heavy atom. The number of halogens is 3. The van der Waals surface area contributed by atoms with Gasteiger partial charge in [0.05, 0.1) is 12.1 Å². The van der Waals surface area contributed by atoms with Crippen LogP contribution >= 0.6 is 0 Å². The molecule has 0 atom stereocenters. The van der Waals surface area contributed by atoms with Gasteiger partial charge in [0, 0.05) is 29.2 Å². The van der Waals surface area contributed by atoms with E-state index in [4.69, 9.17) is 11.5 Å². The van der Waals surface area contributed by atoms with Gasteiger partial charge in [-0.3, -0.25) is 4.90 Å². The van der Waals surface area contributed by atoms with E-state index in [1.807, 2.05) is 0 Å². The Kier molecular flexibility index (Phi) is 6.26. The fourth-order valence-corrected chi connectivity index (χ4v) is 2.62. The highest BCUT2D eigenvalue weighted by Gasteiger charge is 2.32. The van der Waals surface area contributed by atoms with Gasteiger partial charge in [0.25, 0.3) is 0 Å².